The molecule has 0 unspecified atom stereocenters. The molecule has 0 fully saturated rings. The molecule has 0 bridgehead atoms. The zero-order chi connectivity index (χ0) is 11.2. The lowest BCUT2D eigenvalue weighted by atomic mass is 10.2. The van der Waals surface area contributed by atoms with Crippen LogP contribution in [0.15, 0.2) is 59.6 Å². The quantitative estimate of drug-likeness (QED) is 0.755. The maximum absolute atomic E-state index is 5.24. The molecule has 0 spiro atoms. The van der Waals surface area contributed by atoms with Crippen LogP contribution >= 0.6 is 12.4 Å². The maximum Gasteiger partial charge on any atom is 0.127 e. The van der Waals surface area contributed by atoms with Gasteiger partial charge >= 0.3 is 0 Å². The fraction of sp³-hybridized carbons (Fsp3) is 0.0714. The van der Waals surface area contributed by atoms with E-state index in [9.17, 15) is 0 Å². The third-order valence-corrected chi connectivity index (χ3v) is 2.25. The van der Waals surface area contributed by atoms with Crippen molar-refractivity contribution < 1.29 is 4.74 Å². The first kappa shape index (κ1) is 13.3. The van der Waals surface area contributed by atoms with Gasteiger partial charge in [-0.05, 0) is 24.3 Å². The Kier molecular flexibility index (Phi) is 5.24. The predicted molar refractivity (Wildman–Crippen MR) is 73.9 cm³/mol. The lowest BCUT2D eigenvalue weighted by Crippen LogP contribution is -1.89. The summed E-state index contributed by atoms with van der Waals surface area (Å²) in [6.45, 7) is 0. The Morgan fingerprint density at radius 1 is 0.941 bits per heavy atom. The summed E-state index contributed by atoms with van der Waals surface area (Å²) in [6, 6.07) is 17.6. The van der Waals surface area contributed by atoms with E-state index in [0.717, 1.165) is 17.0 Å². The largest absolute Gasteiger partial charge is 0.496 e. The Morgan fingerprint density at radius 3 is 2.29 bits per heavy atom. The minimum atomic E-state index is 0. The van der Waals surface area contributed by atoms with Crippen molar-refractivity contribution in [2.75, 3.05) is 7.11 Å². The number of nitrogens with zero attached hydrogens (tertiary/aromatic N) is 1. The standard InChI is InChI=1S/C14H13NO.ClH/c1-16-14-10-6-5-7-12(14)11-15-13-8-3-2-4-9-13;/h2-11H,1H3;1H. The van der Waals surface area contributed by atoms with Gasteiger partial charge in [0.05, 0.1) is 12.8 Å². The van der Waals surface area contributed by atoms with Gasteiger partial charge in [0.15, 0.2) is 0 Å². The van der Waals surface area contributed by atoms with Crippen LogP contribution in [0, 0.1) is 0 Å². The second-order valence-electron chi connectivity index (χ2n) is 3.34. The molecule has 3 heteroatoms. The van der Waals surface area contributed by atoms with E-state index >= 15 is 0 Å². The van der Waals surface area contributed by atoms with Crippen LogP contribution in [-0.2, 0) is 0 Å². The first-order chi connectivity index (χ1) is 7.90. The lowest BCUT2D eigenvalue weighted by molar-refractivity contribution is 0.414. The fourth-order valence-corrected chi connectivity index (χ4v) is 1.43. The van der Waals surface area contributed by atoms with E-state index in [0.29, 0.717) is 0 Å². The number of halogens is 1. The Hall–Kier alpha value is -1.80. The predicted octanol–water partition coefficient (Wildman–Crippen LogP) is 3.87. The van der Waals surface area contributed by atoms with Gasteiger partial charge in [0, 0.05) is 11.8 Å². The summed E-state index contributed by atoms with van der Waals surface area (Å²) in [5.41, 5.74) is 1.92. The van der Waals surface area contributed by atoms with E-state index in [1.165, 1.54) is 0 Å². The monoisotopic (exact) mass is 247 g/mol. The van der Waals surface area contributed by atoms with Gasteiger partial charge in [0.25, 0.3) is 0 Å². The van der Waals surface area contributed by atoms with E-state index in [4.69, 9.17) is 4.74 Å². The molecule has 17 heavy (non-hydrogen) atoms. The zero-order valence-corrected chi connectivity index (χ0v) is 10.4. The highest BCUT2D eigenvalue weighted by atomic mass is 35.5. The molecule has 88 valence electrons. The number of benzene rings is 2. The van der Waals surface area contributed by atoms with Crippen molar-refractivity contribution in [1.29, 1.82) is 0 Å². The molecule has 0 saturated heterocycles. The van der Waals surface area contributed by atoms with Crippen molar-refractivity contribution in [1.82, 2.24) is 0 Å². The van der Waals surface area contributed by atoms with Crippen LogP contribution in [0.25, 0.3) is 0 Å². The maximum atomic E-state index is 5.24. The average Bonchev–Trinajstić information content (AvgIpc) is 2.38. The molecule has 0 aliphatic carbocycles. The van der Waals surface area contributed by atoms with Crippen molar-refractivity contribution >= 4 is 24.3 Å². The highest BCUT2D eigenvalue weighted by molar-refractivity contribution is 5.85. The summed E-state index contributed by atoms with van der Waals surface area (Å²) in [7, 11) is 1.66. The molecule has 0 aliphatic heterocycles. The molecule has 0 aromatic heterocycles. The number of para-hydroxylation sites is 2. The number of methoxy groups -OCH3 is 1. The van der Waals surface area contributed by atoms with E-state index in [2.05, 4.69) is 4.99 Å². The van der Waals surface area contributed by atoms with Gasteiger partial charge in [-0.2, -0.15) is 0 Å². The summed E-state index contributed by atoms with van der Waals surface area (Å²) < 4.78 is 5.24. The number of hydrogen-bond donors (Lipinski definition) is 0. The van der Waals surface area contributed by atoms with E-state index in [1.54, 1.807) is 7.11 Å². The smallest absolute Gasteiger partial charge is 0.127 e. The van der Waals surface area contributed by atoms with Crippen LogP contribution < -0.4 is 4.74 Å². The normalized spacial score (nSPS) is 9.94. The van der Waals surface area contributed by atoms with Crippen LogP contribution in [0.2, 0.25) is 0 Å². The number of ether oxygens (including phenoxy) is 1. The van der Waals surface area contributed by atoms with Crippen molar-refractivity contribution in [3.8, 4) is 5.75 Å². The first-order valence-corrected chi connectivity index (χ1v) is 5.12. The minimum absolute atomic E-state index is 0. The molecule has 0 heterocycles. The van der Waals surface area contributed by atoms with Crippen LogP contribution in [0.4, 0.5) is 5.69 Å². The van der Waals surface area contributed by atoms with Gasteiger partial charge in [0.2, 0.25) is 0 Å². The molecule has 2 aromatic rings. The third-order valence-electron chi connectivity index (χ3n) is 2.25. The molecule has 2 aromatic carbocycles. The topological polar surface area (TPSA) is 21.6 Å². The SMILES string of the molecule is COc1ccccc1C=Nc1ccccc1.Cl. The van der Waals surface area contributed by atoms with E-state index < -0.39 is 0 Å². The van der Waals surface area contributed by atoms with Gasteiger partial charge in [-0.25, -0.2) is 0 Å². The third kappa shape index (κ3) is 3.61. The van der Waals surface area contributed by atoms with E-state index in [-0.39, 0.29) is 12.4 Å². The first-order valence-electron chi connectivity index (χ1n) is 5.12. The molecule has 2 rings (SSSR count). The Labute approximate surface area is 107 Å². The molecule has 0 radical (unpaired) electrons. The van der Waals surface area contributed by atoms with Crippen LogP contribution in [0.1, 0.15) is 5.56 Å². The number of hydrogen-bond acceptors (Lipinski definition) is 2. The highest BCUT2D eigenvalue weighted by Crippen LogP contribution is 2.16. The van der Waals surface area contributed by atoms with Gasteiger partial charge in [0.1, 0.15) is 5.75 Å². The molecule has 0 aliphatic rings. The second-order valence-corrected chi connectivity index (χ2v) is 3.34. The summed E-state index contributed by atoms with van der Waals surface area (Å²) in [6.07, 6.45) is 1.81. The number of aliphatic imine (C=N–C) groups is 1. The molecule has 0 amide bonds. The summed E-state index contributed by atoms with van der Waals surface area (Å²) >= 11 is 0. The van der Waals surface area contributed by atoms with Crippen LogP contribution in [0.3, 0.4) is 0 Å². The second kappa shape index (κ2) is 6.71. The van der Waals surface area contributed by atoms with Crippen molar-refractivity contribution in [3.05, 3.63) is 60.2 Å². The fourth-order valence-electron chi connectivity index (χ4n) is 1.43. The minimum Gasteiger partial charge on any atom is -0.496 e. The molecular weight excluding hydrogens is 234 g/mol. The molecule has 2 nitrogen and oxygen atoms in total. The van der Waals surface area contributed by atoms with Gasteiger partial charge < -0.3 is 4.74 Å². The van der Waals surface area contributed by atoms with Crippen LogP contribution in [-0.4, -0.2) is 13.3 Å². The molecule has 0 N–H and O–H groups in total. The van der Waals surface area contributed by atoms with Gasteiger partial charge in [-0.1, -0.05) is 30.3 Å². The summed E-state index contributed by atoms with van der Waals surface area (Å²) in [4.78, 5) is 4.38. The zero-order valence-electron chi connectivity index (χ0n) is 9.54. The van der Waals surface area contributed by atoms with Crippen molar-refractivity contribution in [3.63, 3.8) is 0 Å². The number of rotatable bonds is 3. The summed E-state index contributed by atoms with van der Waals surface area (Å²) in [5, 5.41) is 0. The van der Waals surface area contributed by atoms with Crippen LogP contribution in [0.5, 0.6) is 5.75 Å². The van der Waals surface area contributed by atoms with E-state index in [1.807, 2.05) is 60.8 Å². The molecule has 0 atom stereocenters. The average molecular weight is 248 g/mol. The molecule has 0 saturated carbocycles. The summed E-state index contributed by atoms with van der Waals surface area (Å²) in [5.74, 6) is 0.835. The van der Waals surface area contributed by atoms with Crippen molar-refractivity contribution in [2.24, 2.45) is 4.99 Å². The Morgan fingerprint density at radius 2 is 1.59 bits per heavy atom. The van der Waals surface area contributed by atoms with Gasteiger partial charge in [-0.3, -0.25) is 4.99 Å². The van der Waals surface area contributed by atoms with Gasteiger partial charge in [-0.15, -0.1) is 12.4 Å². The Balaban J connectivity index is 0.00000144. The lowest BCUT2D eigenvalue weighted by Gasteiger charge is -2.02. The van der Waals surface area contributed by atoms with Crippen molar-refractivity contribution in [2.45, 2.75) is 0 Å². The molecular formula is C14H14ClNO. The Bertz CT molecular complexity index is 483. The highest BCUT2D eigenvalue weighted by Gasteiger charge is 1.96.